The number of H-pyrrole nitrogens is 1. The highest BCUT2D eigenvalue weighted by Crippen LogP contribution is 2.18. The van der Waals surface area contributed by atoms with E-state index in [1.165, 1.54) is 13.3 Å². The summed E-state index contributed by atoms with van der Waals surface area (Å²) in [7, 11) is 1.52. The molecule has 0 aliphatic rings. The van der Waals surface area contributed by atoms with E-state index >= 15 is 0 Å². The molecule has 0 radical (unpaired) electrons. The van der Waals surface area contributed by atoms with E-state index in [1.807, 2.05) is 0 Å². The number of methoxy groups -OCH3 is 1. The zero-order chi connectivity index (χ0) is 9.97. The van der Waals surface area contributed by atoms with Crippen LogP contribution in [0.5, 0.6) is 5.88 Å². The van der Waals surface area contributed by atoms with Gasteiger partial charge in [-0.3, -0.25) is 9.89 Å². The van der Waals surface area contributed by atoms with Gasteiger partial charge in [0.2, 0.25) is 11.7 Å². The lowest BCUT2D eigenvalue weighted by Gasteiger charge is -1.89. The van der Waals surface area contributed by atoms with Crippen molar-refractivity contribution >= 4 is 17.3 Å². The molecule has 0 fully saturated rings. The topological polar surface area (TPSA) is 67.9 Å². The smallest absolute Gasteiger partial charge is 0.225 e. The van der Waals surface area contributed by atoms with Crippen LogP contribution in [0.4, 0.5) is 0 Å². The van der Waals surface area contributed by atoms with Gasteiger partial charge in [-0.05, 0) is 11.5 Å². The maximum Gasteiger partial charge on any atom is 0.225 e. The molecular weight excluding hydrogens is 202 g/mol. The number of carbonyl (C=O) groups excluding carboxylic acids is 1. The molecule has 2 rings (SSSR count). The Morgan fingerprint density at radius 2 is 2.50 bits per heavy atom. The van der Waals surface area contributed by atoms with Gasteiger partial charge >= 0.3 is 0 Å². The molecule has 0 spiro atoms. The number of ether oxygens (including phenoxy) is 1. The molecular formula is C8H7N3O2S. The molecule has 0 unspecified atom stereocenters. The van der Waals surface area contributed by atoms with Crippen LogP contribution in [0.15, 0.2) is 18.5 Å². The number of aromatic nitrogens is 3. The predicted octanol–water partition coefficient (Wildman–Crippen LogP) is 1.11. The summed E-state index contributed by atoms with van der Waals surface area (Å²) in [5.74, 6) is 0.362. The summed E-state index contributed by atoms with van der Waals surface area (Å²) in [6.07, 6.45) is 3.03. The normalized spacial score (nSPS) is 10.1. The second-order valence-corrected chi connectivity index (χ2v) is 3.35. The van der Waals surface area contributed by atoms with Crippen molar-refractivity contribution in [2.75, 3.05) is 7.11 Å². The Hall–Kier alpha value is -1.69. The van der Waals surface area contributed by atoms with Gasteiger partial charge in [0.25, 0.3) is 0 Å². The maximum absolute atomic E-state index is 11.7. The number of hydrogen-bond donors (Lipinski definition) is 1. The van der Waals surface area contributed by atoms with E-state index in [0.29, 0.717) is 16.3 Å². The third-order valence-corrected chi connectivity index (χ3v) is 2.45. The van der Waals surface area contributed by atoms with Gasteiger partial charge in [0.1, 0.15) is 0 Å². The number of carbonyl (C=O) groups is 1. The molecule has 2 aromatic heterocycles. The summed E-state index contributed by atoms with van der Waals surface area (Å²) >= 11 is 1.11. The molecule has 0 aliphatic heterocycles. The third kappa shape index (κ3) is 1.51. The van der Waals surface area contributed by atoms with E-state index in [9.17, 15) is 4.79 Å². The van der Waals surface area contributed by atoms with Crippen LogP contribution in [0.3, 0.4) is 0 Å². The first-order chi connectivity index (χ1) is 6.81. The van der Waals surface area contributed by atoms with Crippen LogP contribution in [0, 0.1) is 0 Å². The van der Waals surface area contributed by atoms with E-state index in [-0.39, 0.29) is 5.78 Å². The first-order valence-electron chi connectivity index (χ1n) is 3.85. The van der Waals surface area contributed by atoms with Crippen molar-refractivity contribution in [3.63, 3.8) is 0 Å². The van der Waals surface area contributed by atoms with Crippen LogP contribution in [-0.2, 0) is 0 Å². The lowest BCUT2D eigenvalue weighted by molar-refractivity contribution is 0.104. The van der Waals surface area contributed by atoms with Crippen LogP contribution in [0.1, 0.15) is 15.2 Å². The summed E-state index contributed by atoms with van der Waals surface area (Å²) in [4.78, 5) is 12.2. The number of nitrogens with zero attached hydrogens (tertiary/aromatic N) is 2. The van der Waals surface area contributed by atoms with Crippen molar-refractivity contribution in [3.8, 4) is 5.88 Å². The predicted molar refractivity (Wildman–Crippen MR) is 50.7 cm³/mol. The number of nitrogens with one attached hydrogen (secondary N) is 1. The summed E-state index contributed by atoms with van der Waals surface area (Å²) in [6, 6.07) is 1.61. The minimum absolute atomic E-state index is 0.0976. The summed E-state index contributed by atoms with van der Waals surface area (Å²) < 4.78 is 8.82. The SMILES string of the molecule is COc1cc(C(=O)c2cn[nH]c2)sn1. The fourth-order valence-corrected chi connectivity index (χ4v) is 1.65. The number of hydrogen-bond acceptors (Lipinski definition) is 5. The molecule has 0 aliphatic carbocycles. The molecule has 14 heavy (non-hydrogen) atoms. The minimum atomic E-state index is -0.0976. The summed E-state index contributed by atoms with van der Waals surface area (Å²) in [5, 5.41) is 6.29. The maximum atomic E-state index is 11.7. The Morgan fingerprint density at radius 3 is 3.07 bits per heavy atom. The lowest BCUT2D eigenvalue weighted by Crippen LogP contribution is -1.95. The largest absolute Gasteiger partial charge is 0.480 e. The molecule has 2 heterocycles. The summed E-state index contributed by atoms with van der Waals surface area (Å²) in [6.45, 7) is 0. The van der Waals surface area contributed by atoms with E-state index in [4.69, 9.17) is 4.74 Å². The minimum Gasteiger partial charge on any atom is -0.480 e. The van der Waals surface area contributed by atoms with Crippen LogP contribution >= 0.6 is 11.5 Å². The van der Waals surface area contributed by atoms with E-state index in [0.717, 1.165) is 11.5 Å². The van der Waals surface area contributed by atoms with Crippen molar-refractivity contribution in [3.05, 3.63) is 28.9 Å². The fourth-order valence-electron chi connectivity index (χ4n) is 0.980. The van der Waals surface area contributed by atoms with Crippen LogP contribution in [0.2, 0.25) is 0 Å². The van der Waals surface area contributed by atoms with Gasteiger partial charge in [-0.2, -0.15) is 9.47 Å². The van der Waals surface area contributed by atoms with E-state index < -0.39 is 0 Å². The zero-order valence-corrected chi connectivity index (χ0v) is 8.17. The molecule has 0 amide bonds. The monoisotopic (exact) mass is 209 g/mol. The van der Waals surface area contributed by atoms with Gasteiger partial charge in [0.15, 0.2) is 0 Å². The Labute approximate surface area is 83.9 Å². The average molecular weight is 209 g/mol. The first kappa shape index (κ1) is 8.89. The Balaban J connectivity index is 2.28. The van der Waals surface area contributed by atoms with Crippen molar-refractivity contribution in [1.82, 2.24) is 14.6 Å². The average Bonchev–Trinajstić information content (AvgIpc) is 2.88. The second-order valence-electron chi connectivity index (χ2n) is 2.55. The molecule has 2 aromatic rings. The molecule has 0 aromatic carbocycles. The van der Waals surface area contributed by atoms with Gasteiger partial charge in [0.05, 0.1) is 23.7 Å². The van der Waals surface area contributed by atoms with Gasteiger partial charge in [-0.15, -0.1) is 0 Å². The lowest BCUT2D eigenvalue weighted by atomic mass is 10.2. The summed E-state index contributed by atoms with van der Waals surface area (Å²) in [5.41, 5.74) is 0.524. The third-order valence-electron chi connectivity index (χ3n) is 1.68. The van der Waals surface area contributed by atoms with Gasteiger partial charge in [-0.25, -0.2) is 0 Å². The van der Waals surface area contributed by atoms with Crippen LogP contribution < -0.4 is 4.74 Å². The van der Waals surface area contributed by atoms with Gasteiger partial charge < -0.3 is 4.74 Å². The molecule has 1 N–H and O–H groups in total. The Morgan fingerprint density at radius 1 is 1.64 bits per heavy atom. The molecule has 0 atom stereocenters. The molecule has 6 heteroatoms. The Kier molecular flexibility index (Phi) is 2.28. The quantitative estimate of drug-likeness (QED) is 0.769. The fraction of sp³-hybridized carbons (Fsp3) is 0.125. The van der Waals surface area contributed by atoms with Crippen molar-refractivity contribution < 1.29 is 9.53 Å². The molecule has 0 saturated heterocycles. The second kappa shape index (κ2) is 3.59. The van der Waals surface area contributed by atoms with Crippen LogP contribution in [0.25, 0.3) is 0 Å². The highest BCUT2D eigenvalue weighted by atomic mass is 32.1. The molecule has 5 nitrogen and oxygen atoms in total. The van der Waals surface area contributed by atoms with Crippen LogP contribution in [-0.4, -0.2) is 27.5 Å². The number of aromatic amines is 1. The standard InChI is InChI=1S/C8H7N3O2S/c1-13-7-2-6(14-11-7)8(12)5-3-9-10-4-5/h2-4H,1H3,(H,9,10). The number of ketones is 1. The molecule has 0 saturated carbocycles. The zero-order valence-electron chi connectivity index (χ0n) is 7.35. The highest BCUT2D eigenvalue weighted by Gasteiger charge is 2.13. The van der Waals surface area contributed by atoms with E-state index in [2.05, 4.69) is 14.6 Å². The molecule has 0 bridgehead atoms. The van der Waals surface area contributed by atoms with Gasteiger partial charge in [-0.1, -0.05) is 0 Å². The Bertz CT molecular complexity index is 435. The van der Waals surface area contributed by atoms with Crippen molar-refractivity contribution in [2.24, 2.45) is 0 Å². The van der Waals surface area contributed by atoms with E-state index in [1.54, 1.807) is 12.3 Å². The van der Waals surface area contributed by atoms with Crippen molar-refractivity contribution in [2.45, 2.75) is 0 Å². The number of rotatable bonds is 3. The molecule has 72 valence electrons. The van der Waals surface area contributed by atoms with Gasteiger partial charge in [0, 0.05) is 12.3 Å². The highest BCUT2D eigenvalue weighted by molar-refractivity contribution is 7.08. The van der Waals surface area contributed by atoms with Crippen molar-refractivity contribution in [1.29, 1.82) is 0 Å². The first-order valence-corrected chi connectivity index (χ1v) is 4.63.